The molecule has 132 valence electrons. The van der Waals surface area contributed by atoms with Gasteiger partial charge in [0.15, 0.2) is 5.65 Å². The summed E-state index contributed by atoms with van der Waals surface area (Å²) in [6.45, 7) is 4.88. The van der Waals surface area contributed by atoms with Crippen LogP contribution in [0.15, 0.2) is 23.7 Å². The Morgan fingerprint density at radius 1 is 1.19 bits per heavy atom. The van der Waals surface area contributed by atoms with Crippen LogP contribution < -0.4 is 5.32 Å². The predicted molar refractivity (Wildman–Crippen MR) is 102 cm³/mol. The number of rotatable bonds is 2. The first kappa shape index (κ1) is 15.7. The van der Waals surface area contributed by atoms with E-state index in [1.165, 1.54) is 5.69 Å². The van der Waals surface area contributed by atoms with E-state index < -0.39 is 0 Å². The van der Waals surface area contributed by atoms with Gasteiger partial charge in [0.05, 0.1) is 16.8 Å². The van der Waals surface area contributed by atoms with Crippen molar-refractivity contribution >= 4 is 22.4 Å². The van der Waals surface area contributed by atoms with E-state index in [4.69, 9.17) is 10.1 Å². The highest BCUT2D eigenvalue weighted by molar-refractivity contribution is 7.13. The Kier molecular flexibility index (Phi) is 3.61. The Morgan fingerprint density at radius 2 is 2.12 bits per heavy atom. The van der Waals surface area contributed by atoms with Crippen LogP contribution >= 0.6 is 11.3 Å². The third kappa shape index (κ3) is 2.45. The molecule has 4 aromatic heterocycles. The van der Waals surface area contributed by atoms with Crippen molar-refractivity contribution in [3.05, 3.63) is 35.1 Å². The molecule has 0 spiro atoms. The first-order valence-electron chi connectivity index (χ1n) is 8.73. The zero-order valence-electron chi connectivity index (χ0n) is 14.7. The normalized spacial score (nSPS) is 14.5. The molecule has 0 bridgehead atoms. The predicted octanol–water partition coefficient (Wildman–Crippen LogP) is 2.76. The van der Waals surface area contributed by atoms with Crippen LogP contribution in [0, 0.1) is 6.92 Å². The summed E-state index contributed by atoms with van der Waals surface area (Å²) in [7, 11) is 1.95. The maximum absolute atomic E-state index is 4.81. The SMILES string of the molecule is Cc1c2c(-c3nccs3)cc(-c3cc4n(n3)CCCNC4)nc2nn1C. The zero-order valence-corrected chi connectivity index (χ0v) is 15.5. The van der Waals surface area contributed by atoms with E-state index in [0.717, 1.165) is 64.7 Å². The van der Waals surface area contributed by atoms with Gasteiger partial charge in [-0.15, -0.1) is 11.3 Å². The van der Waals surface area contributed by atoms with Crippen molar-refractivity contribution in [3.8, 4) is 22.0 Å². The highest BCUT2D eigenvalue weighted by Crippen LogP contribution is 2.34. The number of nitrogens with zero attached hydrogens (tertiary/aromatic N) is 6. The van der Waals surface area contributed by atoms with Crippen molar-refractivity contribution in [2.24, 2.45) is 7.05 Å². The van der Waals surface area contributed by atoms with Crippen LogP contribution in [0.4, 0.5) is 0 Å². The van der Waals surface area contributed by atoms with Gasteiger partial charge in [-0.3, -0.25) is 9.36 Å². The Hall–Kier alpha value is -2.58. The van der Waals surface area contributed by atoms with Crippen molar-refractivity contribution in [1.82, 2.24) is 34.8 Å². The number of thiazole rings is 1. The van der Waals surface area contributed by atoms with E-state index in [1.807, 2.05) is 23.3 Å². The summed E-state index contributed by atoms with van der Waals surface area (Å²) in [5, 5.41) is 16.9. The molecular weight excluding hydrogens is 346 g/mol. The Bertz CT molecular complexity index is 1070. The van der Waals surface area contributed by atoms with E-state index >= 15 is 0 Å². The number of nitrogens with one attached hydrogen (secondary N) is 1. The fourth-order valence-electron chi connectivity index (χ4n) is 3.48. The van der Waals surface area contributed by atoms with Crippen LogP contribution in [0.3, 0.4) is 0 Å². The van der Waals surface area contributed by atoms with Gasteiger partial charge in [0.1, 0.15) is 10.7 Å². The van der Waals surface area contributed by atoms with Crippen molar-refractivity contribution in [1.29, 1.82) is 0 Å². The summed E-state index contributed by atoms with van der Waals surface area (Å²) >= 11 is 1.63. The average Bonchev–Trinajstić information content (AvgIpc) is 3.33. The van der Waals surface area contributed by atoms with Gasteiger partial charge in [-0.2, -0.15) is 10.2 Å². The van der Waals surface area contributed by atoms with Gasteiger partial charge in [0, 0.05) is 43.0 Å². The number of aryl methyl sites for hydroxylation is 3. The van der Waals surface area contributed by atoms with Gasteiger partial charge in [-0.05, 0) is 32.0 Å². The molecule has 4 aromatic rings. The van der Waals surface area contributed by atoms with Crippen LogP contribution in [0.1, 0.15) is 17.8 Å². The lowest BCUT2D eigenvalue weighted by atomic mass is 10.1. The number of pyridine rings is 1. The highest BCUT2D eigenvalue weighted by Gasteiger charge is 2.19. The summed E-state index contributed by atoms with van der Waals surface area (Å²) in [5.74, 6) is 0. The summed E-state index contributed by atoms with van der Waals surface area (Å²) < 4.78 is 3.97. The minimum Gasteiger partial charge on any atom is -0.311 e. The lowest BCUT2D eigenvalue weighted by Gasteiger charge is -2.04. The van der Waals surface area contributed by atoms with E-state index in [0.29, 0.717) is 0 Å². The molecule has 0 amide bonds. The van der Waals surface area contributed by atoms with Gasteiger partial charge >= 0.3 is 0 Å². The second-order valence-electron chi connectivity index (χ2n) is 6.57. The topological polar surface area (TPSA) is 73.5 Å². The molecule has 1 aliphatic rings. The Balaban J connectivity index is 1.72. The monoisotopic (exact) mass is 365 g/mol. The van der Waals surface area contributed by atoms with Crippen molar-refractivity contribution in [2.45, 2.75) is 26.4 Å². The number of hydrogen-bond acceptors (Lipinski definition) is 6. The fraction of sp³-hybridized carbons (Fsp3) is 0.333. The third-order valence-electron chi connectivity index (χ3n) is 4.91. The van der Waals surface area contributed by atoms with Crippen molar-refractivity contribution < 1.29 is 0 Å². The molecule has 0 fully saturated rings. The summed E-state index contributed by atoms with van der Waals surface area (Å²) in [6, 6.07) is 4.24. The van der Waals surface area contributed by atoms with Crippen molar-refractivity contribution in [2.75, 3.05) is 6.54 Å². The standard InChI is InChI=1S/C18H19N7S/c1-11-16-13(18-20-5-7-26-18)9-14(21-17(16)23-24(11)2)15-8-12-10-19-4-3-6-25(12)22-15/h5,7-9,19H,3-4,6,10H2,1-2H3. The maximum Gasteiger partial charge on any atom is 0.182 e. The average molecular weight is 365 g/mol. The lowest BCUT2D eigenvalue weighted by Crippen LogP contribution is -2.11. The summed E-state index contributed by atoms with van der Waals surface area (Å²) in [4.78, 5) is 9.33. The smallest absolute Gasteiger partial charge is 0.182 e. The molecule has 0 saturated heterocycles. The van der Waals surface area contributed by atoms with Crippen LogP contribution in [-0.4, -0.2) is 36.1 Å². The Morgan fingerprint density at radius 3 is 2.96 bits per heavy atom. The van der Waals surface area contributed by atoms with E-state index in [-0.39, 0.29) is 0 Å². The minimum atomic E-state index is 0.744. The van der Waals surface area contributed by atoms with E-state index in [9.17, 15) is 0 Å². The molecule has 0 aromatic carbocycles. The van der Waals surface area contributed by atoms with Crippen LogP contribution in [-0.2, 0) is 20.1 Å². The molecule has 1 aliphatic heterocycles. The molecule has 7 nitrogen and oxygen atoms in total. The second-order valence-corrected chi connectivity index (χ2v) is 7.47. The van der Waals surface area contributed by atoms with E-state index in [2.05, 4.69) is 39.1 Å². The maximum atomic E-state index is 4.81. The number of hydrogen-bond donors (Lipinski definition) is 1. The molecule has 0 atom stereocenters. The minimum absolute atomic E-state index is 0.744. The Labute approximate surface area is 154 Å². The van der Waals surface area contributed by atoms with Gasteiger partial charge in [0.25, 0.3) is 0 Å². The molecule has 0 unspecified atom stereocenters. The number of aromatic nitrogens is 6. The van der Waals surface area contributed by atoms with E-state index in [1.54, 1.807) is 11.3 Å². The van der Waals surface area contributed by atoms with Gasteiger partial charge in [0.2, 0.25) is 0 Å². The van der Waals surface area contributed by atoms with Crippen LogP contribution in [0.5, 0.6) is 0 Å². The molecule has 26 heavy (non-hydrogen) atoms. The van der Waals surface area contributed by atoms with Gasteiger partial charge in [-0.25, -0.2) is 9.97 Å². The molecule has 1 N–H and O–H groups in total. The van der Waals surface area contributed by atoms with Crippen molar-refractivity contribution in [3.63, 3.8) is 0 Å². The quantitative estimate of drug-likeness (QED) is 0.591. The molecular formula is C18H19N7S. The lowest BCUT2D eigenvalue weighted by molar-refractivity contribution is 0.589. The molecule has 5 rings (SSSR count). The second kappa shape index (κ2) is 6.00. The molecule has 0 radical (unpaired) electrons. The molecule has 0 saturated carbocycles. The third-order valence-corrected chi connectivity index (χ3v) is 5.72. The highest BCUT2D eigenvalue weighted by atomic mass is 32.1. The van der Waals surface area contributed by atoms with Crippen LogP contribution in [0.2, 0.25) is 0 Å². The van der Waals surface area contributed by atoms with Crippen LogP contribution in [0.25, 0.3) is 33.0 Å². The summed E-state index contributed by atoms with van der Waals surface area (Å²) in [6.07, 6.45) is 2.92. The largest absolute Gasteiger partial charge is 0.311 e. The molecule has 8 heteroatoms. The van der Waals surface area contributed by atoms with Gasteiger partial charge in [-0.1, -0.05) is 0 Å². The zero-order chi connectivity index (χ0) is 17.7. The summed E-state index contributed by atoms with van der Waals surface area (Å²) in [5.41, 5.74) is 5.86. The first-order chi connectivity index (χ1) is 12.7. The first-order valence-corrected chi connectivity index (χ1v) is 9.61. The molecule has 0 aliphatic carbocycles. The fourth-order valence-corrected chi connectivity index (χ4v) is 4.14. The molecule has 5 heterocycles. The van der Waals surface area contributed by atoms with Gasteiger partial charge < -0.3 is 5.32 Å². The number of fused-ring (bicyclic) bond motifs is 2.